The van der Waals surface area contributed by atoms with Gasteiger partial charge in [-0.25, -0.2) is 9.29 Å². The summed E-state index contributed by atoms with van der Waals surface area (Å²) in [6.07, 6.45) is 4.97. The topological polar surface area (TPSA) is 37.4 Å². The van der Waals surface area contributed by atoms with E-state index in [4.69, 9.17) is 11.6 Å². The summed E-state index contributed by atoms with van der Waals surface area (Å²) < 4.78 is 13.5. The van der Waals surface area contributed by atoms with E-state index in [-0.39, 0.29) is 34.4 Å². The smallest absolute Gasteiger partial charge is 0.238 e. The Morgan fingerprint density at radius 1 is 1.11 bits per heavy atom. The number of halogens is 2. The molecule has 0 N–H and O–H groups in total. The number of benzene rings is 1. The van der Waals surface area contributed by atoms with Crippen LogP contribution in [0.1, 0.15) is 12.8 Å². The molecule has 1 aliphatic heterocycles. The van der Waals surface area contributed by atoms with Crippen LogP contribution in [-0.4, -0.2) is 11.8 Å². The van der Waals surface area contributed by atoms with Gasteiger partial charge in [0.1, 0.15) is 5.82 Å². The van der Waals surface area contributed by atoms with Crippen LogP contribution < -0.4 is 4.90 Å². The van der Waals surface area contributed by atoms with Gasteiger partial charge in [0.2, 0.25) is 11.8 Å². The van der Waals surface area contributed by atoms with Gasteiger partial charge in [0, 0.05) is 0 Å². The Morgan fingerprint density at radius 2 is 1.68 bits per heavy atom. The Kier molecular flexibility index (Phi) is 2.90. The van der Waals surface area contributed by atoms with Crippen LogP contribution in [0.5, 0.6) is 0 Å². The van der Waals surface area contributed by atoms with Crippen molar-refractivity contribution >= 4 is 29.1 Å². The fourth-order valence-corrected chi connectivity index (χ4v) is 2.80. The number of carbonyl (C=O) groups excluding carboxylic acids is 2. The molecule has 1 aromatic rings. The molecule has 0 bridgehead atoms. The monoisotopic (exact) mass is 279 g/mol. The van der Waals surface area contributed by atoms with Crippen molar-refractivity contribution in [2.24, 2.45) is 11.8 Å². The van der Waals surface area contributed by atoms with Crippen molar-refractivity contribution in [2.75, 3.05) is 4.90 Å². The minimum absolute atomic E-state index is 0.0260. The summed E-state index contributed by atoms with van der Waals surface area (Å²) in [6, 6.07) is 3.97. The highest BCUT2D eigenvalue weighted by Crippen LogP contribution is 2.38. The standard InChI is InChI=1S/C14H11ClFNO2/c15-11-6-5-8(7-12(11)16)17-13(18)9-3-1-2-4-10(9)14(17)19/h1-2,5-7,9-10H,3-4H2/t9-,10-/m1/s1. The van der Waals surface area contributed by atoms with Crippen molar-refractivity contribution in [3.63, 3.8) is 0 Å². The van der Waals surface area contributed by atoms with Gasteiger partial charge in [0.05, 0.1) is 22.5 Å². The first-order valence-corrected chi connectivity index (χ1v) is 6.45. The van der Waals surface area contributed by atoms with Gasteiger partial charge in [-0.2, -0.15) is 0 Å². The molecule has 1 heterocycles. The van der Waals surface area contributed by atoms with E-state index in [1.54, 1.807) is 0 Å². The van der Waals surface area contributed by atoms with Gasteiger partial charge in [-0.05, 0) is 31.0 Å². The zero-order chi connectivity index (χ0) is 13.6. The highest BCUT2D eigenvalue weighted by Gasteiger charge is 2.47. The molecule has 2 amide bonds. The van der Waals surface area contributed by atoms with Crippen LogP contribution in [0.2, 0.25) is 5.02 Å². The second-order valence-electron chi connectivity index (χ2n) is 4.77. The van der Waals surface area contributed by atoms with E-state index in [2.05, 4.69) is 0 Å². The van der Waals surface area contributed by atoms with Crippen molar-refractivity contribution < 1.29 is 14.0 Å². The average molecular weight is 280 g/mol. The number of allylic oxidation sites excluding steroid dienone is 2. The number of hydrogen-bond acceptors (Lipinski definition) is 2. The first kappa shape index (κ1) is 12.4. The summed E-state index contributed by atoms with van der Waals surface area (Å²) in [5, 5.41) is -0.0260. The summed E-state index contributed by atoms with van der Waals surface area (Å²) >= 11 is 5.61. The average Bonchev–Trinajstić information content (AvgIpc) is 2.66. The number of carbonyl (C=O) groups is 2. The maximum atomic E-state index is 13.5. The van der Waals surface area contributed by atoms with Crippen LogP contribution in [0.3, 0.4) is 0 Å². The third-order valence-corrected chi connectivity index (χ3v) is 3.98. The molecular weight excluding hydrogens is 269 g/mol. The van der Waals surface area contributed by atoms with Gasteiger partial charge in [-0.15, -0.1) is 0 Å². The summed E-state index contributed by atoms with van der Waals surface area (Å²) in [4.78, 5) is 25.6. The molecule has 1 saturated heterocycles. The highest BCUT2D eigenvalue weighted by molar-refractivity contribution is 6.31. The van der Waals surface area contributed by atoms with E-state index in [0.29, 0.717) is 12.8 Å². The van der Waals surface area contributed by atoms with E-state index >= 15 is 0 Å². The largest absolute Gasteiger partial charge is 0.274 e. The van der Waals surface area contributed by atoms with Gasteiger partial charge < -0.3 is 0 Å². The van der Waals surface area contributed by atoms with Crippen LogP contribution in [0.25, 0.3) is 0 Å². The highest BCUT2D eigenvalue weighted by atomic mass is 35.5. The first-order valence-electron chi connectivity index (χ1n) is 6.07. The molecule has 0 spiro atoms. The van der Waals surface area contributed by atoms with Crippen LogP contribution in [0.4, 0.5) is 10.1 Å². The molecule has 1 aromatic carbocycles. The molecule has 0 saturated carbocycles. The van der Waals surface area contributed by atoms with E-state index in [9.17, 15) is 14.0 Å². The summed E-state index contributed by atoms with van der Waals surface area (Å²) in [5.74, 6) is -1.75. The lowest BCUT2D eigenvalue weighted by atomic mass is 9.85. The summed E-state index contributed by atoms with van der Waals surface area (Å²) in [5.41, 5.74) is 0.256. The minimum Gasteiger partial charge on any atom is -0.274 e. The van der Waals surface area contributed by atoms with Crippen molar-refractivity contribution in [2.45, 2.75) is 12.8 Å². The lowest BCUT2D eigenvalue weighted by Gasteiger charge is -2.14. The molecule has 1 aliphatic carbocycles. The SMILES string of the molecule is O=C1[C@@H]2CC=CC[C@H]2C(=O)N1c1ccc(Cl)c(F)c1. The minimum atomic E-state index is -0.632. The summed E-state index contributed by atoms with van der Waals surface area (Å²) in [6.45, 7) is 0. The summed E-state index contributed by atoms with van der Waals surface area (Å²) in [7, 11) is 0. The van der Waals surface area contributed by atoms with Crippen molar-refractivity contribution in [3.05, 3.63) is 41.2 Å². The molecule has 3 nitrogen and oxygen atoms in total. The molecule has 1 fully saturated rings. The molecule has 0 unspecified atom stereocenters. The Balaban J connectivity index is 1.99. The number of nitrogens with zero attached hydrogens (tertiary/aromatic N) is 1. The van der Waals surface area contributed by atoms with Crippen molar-refractivity contribution in [1.82, 2.24) is 0 Å². The zero-order valence-corrected chi connectivity index (χ0v) is 10.7. The van der Waals surface area contributed by atoms with Gasteiger partial charge >= 0.3 is 0 Å². The Morgan fingerprint density at radius 3 is 2.21 bits per heavy atom. The maximum absolute atomic E-state index is 13.5. The van der Waals surface area contributed by atoms with Gasteiger partial charge in [0.15, 0.2) is 0 Å². The lowest BCUT2D eigenvalue weighted by Crippen LogP contribution is -2.30. The Hall–Kier alpha value is -1.68. The van der Waals surface area contributed by atoms with Gasteiger partial charge in [0.25, 0.3) is 0 Å². The third kappa shape index (κ3) is 1.87. The predicted octanol–water partition coefficient (Wildman–Crippen LogP) is 2.93. The third-order valence-electron chi connectivity index (χ3n) is 3.67. The molecule has 0 radical (unpaired) electrons. The van der Waals surface area contributed by atoms with Gasteiger partial charge in [-0.3, -0.25) is 9.59 Å². The van der Waals surface area contributed by atoms with Crippen LogP contribution in [0, 0.1) is 17.7 Å². The number of amides is 2. The Bertz CT molecular complexity index is 573. The van der Waals surface area contributed by atoms with Crippen LogP contribution in [-0.2, 0) is 9.59 Å². The fraction of sp³-hybridized carbons (Fsp3) is 0.286. The van der Waals surface area contributed by atoms with Crippen LogP contribution in [0.15, 0.2) is 30.4 Å². The van der Waals surface area contributed by atoms with Crippen LogP contribution >= 0.6 is 11.6 Å². The number of imide groups is 1. The van der Waals surface area contributed by atoms with E-state index in [1.807, 2.05) is 12.2 Å². The predicted molar refractivity (Wildman–Crippen MR) is 69.3 cm³/mol. The van der Waals surface area contributed by atoms with Crippen molar-refractivity contribution in [3.8, 4) is 0 Å². The molecule has 2 atom stereocenters. The second-order valence-corrected chi connectivity index (χ2v) is 5.17. The molecule has 19 heavy (non-hydrogen) atoms. The maximum Gasteiger partial charge on any atom is 0.238 e. The number of hydrogen-bond donors (Lipinski definition) is 0. The van der Waals surface area contributed by atoms with E-state index in [1.165, 1.54) is 12.1 Å². The normalized spacial score (nSPS) is 25.9. The number of fused-ring (bicyclic) bond motifs is 1. The first-order chi connectivity index (χ1) is 9.09. The van der Waals surface area contributed by atoms with Crippen molar-refractivity contribution in [1.29, 1.82) is 0 Å². The quantitative estimate of drug-likeness (QED) is 0.585. The molecular formula is C14H11ClFNO2. The van der Waals surface area contributed by atoms with E-state index in [0.717, 1.165) is 11.0 Å². The molecule has 98 valence electrons. The number of anilines is 1. The van der Waals surface area contributed by atoms with E-state index < -0.39 is 5.82 Å². The second kappa shape index (κ2) is 4.46. The fourth-order valence-electron chi connectivity index (χ4n) is 2.68. The molecule has 3 rings (SSSR count). The molecule has 5 heteroatoms. The number of rotatable bonds is 1. The zero-order valence-electron chi connectivity index (χ0n) is 9.98. The Labute approximate surface area is 114 Å². The molecule has 2 aliphatic rings. The molecule has 0 aromatic heterocycles. The lowest BCUT2D eigenvalue weighted by molar-refractivity contribution is -0.122. The van der Waals surface area contributed by atoms with Gasteiger partial charge in [-0.1, -0.05) is 23.8 Å².